The molecule has 0 aliphatic carbocycles. The molecule has 1 amide bonds. The fourth-order valence-electron chi connectivity index (χ4n) is 0.975. The van der Waals surface area contributed by atoms with Gasteiger partial charge in [0, 0.05) is 23.4 Å². The minimum Gasteiger partial charge on any atom is -0.452 e. The maximum atomic E-state index is 11.5. The Balaban J connectivity index is 2.45. The second kappa shape index (κ2) is 6.80. The second-order valence-electron chi connectivity index (χ2n) is 3.06. The first-order valence-electron chi connectivity index (χ1n) is 4.78. The van der Waals surface area contributed by atoms with E-state index in [1.807, 2.05) is 0 Å². The number of ether oxygens (including phenoxy) is 1. The third-order valence-corrected chi connectivity index (χ3v) is 2.15. The van der Waals surface area contributed by atoms with E-state index in [4.69, 9.17) is 4.74 Å². The van der Waals surface area contributed by atoms with Crippen LogP contribution in [0.5, 0.6) is 0 Å². The Labute approximate surface area is 107 Å². The highest BCUT2D eigenvalue weighted by atomic mass is 79.9. The number of rotatable bonds is 5. The van der Waals surface area contributed by atoms with Gasteiger partial charge < -0.3 is 10.1 Å². The van der Waals surface area contributed by atoms with Crippen molar-refractivity contribution in [1.29, 1.82) is 0 Å². The molecule has 0 unspecified atom stereocenters. The molecule has 1 rings (SSSR count). The molecule has 0 radical (unpaired) electrons. The highest BCUT2D eigenvalue weighted by Crippen LogP contribution is 2.10. The zero-order valence-electron chi connectivity index (χ0n) is 8.98. The average Bonchev–Trinajstić information content (AvgIpc) is 2.33. The van der Waals surface area contributed by atoms with E-state index < -0.39 is 5.97 Å². The van der Waals surface area contributed by atoms with Crippen LogP contribution in [-0.4, -0.2) is 30.0 Å². The van der Waals surface area contributed by atoms with Crippen molar-refractivity contribution in [3.8, 4) is 0 Å². The van der Waals surface area contributed by atoms with Crippen LogP contribution in [0.4, 0.5) is 0 Å². The number of nitrogens with zero attached hydrogens (tertiary/aromatic N) is 1. The summed E-state index contributed by atoms with van der Waals surface area (Å²) in [5.74, 6) is -0.964. The zero-order chi connectivity index (χ0) is 12.7. The van der Waals surface area contributed by atoms with Gasteiger partial charge in [-0.15, -0.1) is 6.58 Å². The summed E-state index contributed by atoms with van der Waals surface area (Å²) in [6.07, 6.45) is 4.46. The average molecular weight is 299 g/mol. The van der Waals surface area contributed by atoms with Crippen LogP contribution in [0.3, 0.4) is 0 Å². The molecule has 0 atom stereocenters. The largest absolute Gasteiger partial charge is 0.452 e. The van der Waals surface area contributed by atoms with E-state index in [0.29, 0.717) is 11.0 Å². The van der Waals surface area contributed by atoms with Gasteiger partial charge in [0.2, 0.25) is 0 Å². The normalized spacial score (nSPS) is 9.47. The lowest BCUT2D eigenvalue weighted by molar-refractivity contribution is -0.124. The first-order chi connectivity index (χ1) is 8.13. The number of amides is 1. The molecular weight excluding hydrogens is 288 g/mol. The van der Waals surface area contributed by atoms with Gasteiger partial charge in [-0.3, -0.25) is 9.78 Å². The lowest BCUT2D eigenvalue weighted by Crippen LogP contribution is -2.28. The van der Waals surface area contributed by atoms with E-state index in [0.717, 1.165) is 0 Å². The number of nitrogens with one attached hydrogen (secondary N) is 1. The molecule has 5 nitrogen and oxygen atoms in total. The van der Waals surface area contributed by atoms with Crippen LogP contribution >= 0.6 is 15.9 Å². The number of esters is 1. The Morgan fingerprint density at radius 2 is 2.29 bits per heavy atom. The summed E-state index contributed by atoms with van der Waals surface area (Å²) >= 11 is 3.18. The number of aromatic nitrogens is 1. The number of hydrogen-bond acceptors (Lipinski definition) is 4. The fraction of sp³-hybridized carbons (Fsp3) is 0.182. The Kier molecular flexibility index (Phi) is 5.35. The van der Waals surface area contributed by atoms with Crippen molar-refractivity contribution < 1.29 is 14.3 Å². The van der Waals surface area contributed by atoms with Gasteiger partial charge >= 0.3 is 5.97 Å². The van der Waals surface area contributed by atoms with Crippen molar-refractivity contribution in [2.75, 3.05) is 13.2 Å². The summed E-state index contributed by atoms with van der Waals surface area (Å²) in [7, 11) is 0. The van der Waals surface area contributed by atoms with Crippen LogP contribution in [0.2, 0.25) is 0 Å². The third kappa shape index (κ3) is 4.78. The molecular formula is C11H11BrN2O3. The Hall–Kier alpha value is -1.69. The number of carbonyl (C=O) groups excluding carboxylic acids is 2. The van der Waals surface area contributed by atoms with Crippen LogP contribution in [0.1, 0.15) is 10.4 Å². The van der Waals surface area contributed by atoms with Crippen molar-refractivity contribution in [2.24, 2.45) is 0 Å². The minimum atomic E-state index is -0.590. The first kappa shape index (κ1) is 13.4. The molecule has 0 saturated carbocycles. The summed E-state index contributed by atoms with van der Waals surface area (Å²) in [6, 6.07) is 1.57. The predicted octanol–water partition coefficient (Wildman–Crippen LogP) is 1.30. The number of hydrogen-bond donors (Lipinski definition) is 1. The summed E-state index contributed by atoms with van der Waals surface area (Å²) in [4.78, 5) is 26.5. The van der Waals surface area contributed by atoms with E-state index in [1.54, 1.807) is 12.3 Å². The lowest BCUT2D eigenvalue weighted by Gasteiger charge is -2.04. The van der Waals surface area contributed by atoms with Crippen molar-refractivity contribution in [3.63, 3.8) is 0 Å². The topological polar surface area (TPSA) is 68.3 Å². The first-order valence-corrected chi connectivity index (χ1v) is 5.58. The number of carbonyl (C=O) groups is 2. The SMILES string of the molecule is C=CCNC(=O)COC(=O)c1cncc(Br)c1. The molecule has 6 heteroatoms. The van der Waals surface area contributed by atoms with Gasteiger partial charge in [-0.1, -0.05) is 6.08 Å². The molecule has 1 heterocycles. The molecule has 0 spiro atoms. The van der Waals surface area contributed by atoms with Gasteiger partial charge in [-0.25, -0.2) is 4.79 Å². The Bertz CT molecular complexity index is 434. The zero-order valence-corrected chi connectivity index (χ0v) is 10.6. The molecule has 0 aromatic carbocycles. The quantitative estimate of drug-likeness (QED) is 0.657. The van der Waals surface area contributed by atoms with Crippen LogP contribution in [-0.2, 0) is 9.53 Å². The molecule has 0 fully saturated rings. The van der Waals surface area contributed by atoms with Gasteiger partial charge in [-0.2, -0.15) is 0 Å². The molecule has 0 bridgehead atoms. The summed E-state index contributed by atoms with van der Waals surface area (Å²) in [6.45, 7) is 3.47. The number of halogens is 1. The van der Waals surface area contributed by atoms with Crippen molar-refractivity contribution >= 4 is 27.8 Å². The molecule has 0 aliphatic rings. The molecule has 1 N–H and O–H groups in total. The van der Waals surface area contributed by atoms with Crippen LogP contribution in [0, 0.1) is 0 Å². The minimum absolute atomic E-state index is 0.288. The lowest BCUT2D eigenvalue weighted by atomic mass is 10.3. The van der Waals surface area contributed by atoms with Gasteiger partial charge in [0.05, 0.1) is 5.56 Å². The van der Waals surface area contributed by atoms with E-state index in [-0.39, 0.29) is 18.1 Å². The van der Waals surface area contributed by atoms with Crippen LogP contribution in [0.25, 0.3) is 0 Å². The van der Waals surface area contributed by atoms with E-state index in [9.17, 15) is 9.59 Å². The van der Waals surface area contributed by atoms with Crippen molar-refractivity contribution in [2.45, 2.75) is 0 Å². The molecule has 17 heavy (non-hydrogen) atoms. The van der Waals surface area contributed by atoms with Gasteiger partial charge in [0.1, 0.15) is 0 Å². The monoisotopic (exact) mass is 298 g/mol. The standard InChI is InChI=1S/C11H11BrN2O3/c1-2-3-14-10(15)7-17-11(16)8-4-9(12)6-13-5-8/h2,4-6H,1,3,7H2,(H,14,15). The van der Waals surface area contributed by atoms with E-state index in [2.05, 4.69) is 32.8 Å². The Morgan fingerprint density at radius 3 is 2.94 bits per heavy atom. The van der Waals surface area contributed by atoms with Crippen molar-refractivity contribution in [1.82, 2.24) is 10.3 Å². The highest BCUT2D eigenvalue weighted by molar-refractivity contribution is 9.10. The van der Waals surface area contributed by atoms with Gasteiger partial charge in [-0.05, 0) is 22.0 Å². The summed E-state index contributed by atoms with van der Waals surface area (Å²) in [5.41, 5.74) is 0.288. The molecule has 90 valence electrons. The van der Waals surface area contributed by atoms with E-state index >= 15 is 0 Å². The smallest absolute Gasteiger partial charge is 0.340 e. The van der Waals surface area contributed by atoms with E-state index in [1.165, 1.54) is 12.3 Å². The van der Waals surface area contributed by atoms with Crippen molar-refractivity contribution in [3.05, 3.63) is 41.2 Å². The fourth-order valence-corrected chi connectivity index (χ4v) is 1.34. The van der Waals surface area contributed by atoms with Crippen LogP contribution in [0.15, 0.2) is 35.6 Å². The highest BCUT2D eigenvalue weighted by Gasteiger charge is 2.10. The third-order valence-electron chi connectivity index (χ3n) is 1.72. The predicted molar refractivity (Wildman–Crippen MR) is 65.4 cm³/mol. The summed E-state index contributed by atoms with van der Waals surface area (Å²) < 4.78 is 5.47. The molecule has 1 aromatic rings. The number of pyridine rings is 1. The molecule has 1 aromatic heterocycles. The summed E-state index contributed by atoms with van der Waals surface area (Å²) in [5, 5.41) is 2.49. The van der Waals surface area contributed by atoms with Gasteiger partial charge in [0.25, 0.3) is 5.91 Å². The van der Waals surface area contributed by atoms with Gasteiger partial charge in [0.15, 0.2) is 6.61 Å². The molecule has 0 aliphatic heterocycles. The maximum Gasteiger partial charge on any atom is 0.340 e. The maximum absolute atomic E-state index is 11.5. The molecule has 0 saturated heterocycles. The second-order valence-corrected chi connectivity index (χ2v) is 3.98. The van der Waals surface area contributed by atoms with Crippen LogP contribution < -0.4 is 5.32 Å². The Morgan fingerprint density at radius 1 is 1.53 bits per heavy atom.